The van der Waals surface area contributed by atoms with Crippen LogP contribution in [-0.4, -0.2) is 166 Å². The summed E-state index contributed by atoms with van der Waals surface area (Å²) in [4.78, 5) is 68.8. The standard InChI is InChI=1S/2C29H40N4O4/c1-6-32(7-2)29(36)37-27-16-26(34)25(15-24(27)20(3)4)28(35)33-18-22-9-8-21(14-23(22)19-33)17-31-12-10-30(5)11-13-31;1-6-32(7-2)29(36)37-27-16-26(34)24(20(3)4)15-25(27)28(35)33-18-22-9-8-21(14-23(22)19-33)17-31-12-10-30(5)11-13-31/h2*8-9,14-16,20,34H,6-7,10-13,17-19H2,1-5H3. The van der Waals surface area contributed by atoms with Gasteiger partial charge in [-0.1, -0.05) is 64.1 Å². The molecule has 0 unspecified atom stereocenters. The maximum Gasteiger partial charge on any atom is 0.415 e. The Kier molecular flexibility index (Phi) is 18.7. The van der Waals surface area contributed by atoms with E-state index in [1.54, 1.807) is 26.8 Å². The first kappa shape index (κ1) is 55.5. The van der Waals surface area contributed by atoms with Crippen LogP contribution in [0.5, 0.6) is 23.0 Å². The van der Waals surface area contributed by atoms with Crippen molar-refractivity contribution in [3.8, 4) is 23.0 Å². The van der Waals surface area contributed by atoms with Crippen LogP contribution in [0.25, 0.3) is 0 Å². The van der Waals surface area contributed by atoms with Crippen molar-refractivity contribution in [3.05, 3.63) is 116 Å². The average Bonchev–Trinajstić information content (AvgIpc) is 4.00. The largest absolute Gasteiger partial charge is 0.508 e. The minimum Gasteiger partial charge on any atom is -0.508 e. The van der Waals surface area contributed by atoms with Crippen molar-refractivity contribution in [2.24, 2.45) is 0 Å². The molecule has 2 fully saturated rings. The predicted octanol–water partition coefficient (Wildman–Crippen LogP) is 8.52. The van der Waals surface area contributed by atoms with Gasteiger partial charge in [0.15, 0.2) is 0 Å². The molecule has 0 saturated carbocycles. The molecule has 0 aliphatic carbocycles. The van der Waals surface area contributed by atoms with Gasteiger partial charge in [-0.25, -0.2) is 9.59 Å². The number of phenolic OH excluding ortho intramolecular Hbond substituents is 2. The van der Waals surface area contributed by atoms with E-state index in [0.29, 0.717) is 74.8 Å². The van der Waals surface area contributed by atoms with Gasteiger partial charge in [0, 0.05) is 130 Å². The zero-order chi connectivity index (χ0) is 53.4. The van der Waals surface area contributed by atoms with Crippen molar-refractivity contribution in [2.45, 2.75) is 106 Å². The Morgan fingerprint density at radius 2 is 0.892 bits per heavy atom. The van der Waals surface area contributed by atoms with E-state index >= 15 is 0 Å². The third kappa shape index (κ3) is 13.4. The number of piperazine rings is 2. The minimum atomic E-state index is -0.533. The second kappa shape index (κ2) is 24.9. The van der Waals surface area contributed by atoms with Gasteiger partial charge in [-0.2, -0.15) is 0 Å². The van der Waals surface area contributed by atoms with Crippen molar-refractivity contribution in [1.82, 2.24) is 39.2 Å². The van der Waals surface area contributed by atoms with Crippen molar-refractivity contribution < 1.29 is 38.9 Å². The average molecular weight is 1020 g/mol. The van der Waals surface area contributed by atoms with Crippen LogP contribution in [0.1, 0.15) is 132 Å². The van der Waals surface area contributed by atoms with E-state index in [-0.39, 0.29) is 46.5 Å². The van der Waals surface area contributed by atoms with Crippen LogP contribution in [-0.2, 0) is 39.3 Å². The van der Waals surface area contributed by atoms with Gasteiger partial charge in [0.25, 0.3) is 11.8 Å². The number of rotatable bonds is 14. The highest BCUT2D eigenvalue weighted by Gasteiger charge is 2.31. The van der Waals surface area contributed by atoms with E-state index in [9.17, 15) is 29.4 Å². The highest BCUT2D eigenvalue weighted by molar-refractivity contribution is 5.99. The molecular weight excluding hydrogens is 937 g/mol. The minimum absolute atomic E-state index is 0.000406. The summed E-state index contributed by atoms with van der Waals surface area (Å²) >= 11 is 0. The molecule has 8 rings (SSSR count). The Hall–Kier alpha value is -6.20. The summed E-state index contributed by atoms with van der Waals surface area (Å²) in [6.45, 7) is 29.9. The fourth-order valence-electron chi connectivity index (χ4n) is 10.1. The number of nitrogens with zero attached hydrogens (tertiary/aromatic N) is 8. The summed E-state index contributed by atoms with van der Waals surface area (Å²) in [6, 6.07) is 19.2. The number of fused-ring (bicyclic) bond motifs is 2. The van der Waals surface area contributed by atoms with Gasteiger partial charge in [-0.05, 0) is 110 Å². The summed E-state index contributed by atoms with van der Waals surface area (Å²) in [7, 11) is 4.32. The van der Waals surface area contributed by atoms with Crippen molar-refractivity contribution in [1.29, 1.82) is 0 Å². The van der Waals surface area contributed by atoms with Gasteiger partial charge in [-0.15, -0.1) is 0 Å². The fourth-order valence-corrected chi connectivity index (χ4v) is 10.1. The summed E-state index contributed by atoms with van der Waals surface area (Å²) < 4.78 is 11.3. The Labute approximate surface area is 439 Å². The molecule has 2 N–H and O–H groups in total. The molecule has 74 heavy (non-hydrogen) atoms. The van der Waals surface area contributed by atoms with E-state index in [1.807, 2.05) is 55.4 Å². The number of phenols is 2. The summed E-state index contributed by atoms with van der Waals surface area (Å²) in [6.07, 6.45) is -0.998. The van der Waals surface area contributed by atoms with Crippen LogP contribution in [0.4, 0.5) is 9.59 Å². The van der Waals surface area contributed by atoms with Crippen molar-refractivity contribution in [2.75, 3.05) is 92.6 Å². The number of amides is 4. The Balaban J connectivity index is 0.000000216. The quantitative estimate of drug-likeness (QED) is 0.125. The number of aromatic hydroxyl groups is 2. The van der Waals surface area contributed by atoms with Crippen molar-refractivity contribution in [3.63, 3.8) is 0 Å². The molecule has 4 heterocycles. The highest BCUT2D eigenvalue weighted by atomic mass is 16.6. The number of hydrogen-bond acceptors (Lipinski definition) is 12. The lowest BCUT2D eigenvalue weighted by atomic mass is 9.98. The zero-order valence-corrected chi connectivity index (χ0v) is 45.6. The number of likely N-dealkylation sites (N-methyl/N-ethyl adjacent to an activating group) is 2. The topological polar surface area (TPSA) is 153 Å². The molecule has 4 aliphatic rings. The molecule has 0 spiro atoms. The molecule has 0 aromatic heterocycles. The second-order valence-electron chi connectivity index (χ2n) is 20.9. The van der Waals surface area contributed by atoms with E-state index in [1.165, 1.54) is 28.2 Å². The van der Waals surface area contributed by atoms with Crippen LogP contribution in [0.15, 0.2) is 60.7 Å². The van der Waals surface area contributed by atoms with Crippen molar-refractivity contribution >= 4 is 24.0 Å². The van der Waals surface area contributed by atoms with E-state index in [4.69, 9.17) is 9.47 Å². The van der Waals surface area contributed by atoms with Crippen LogP contribution in [0.3, 0.4) is 0 Å². The van der Waals surface area contributed by atoms with Crippen LogP contribution in [0.2, 0.25) is 0 Å². The highest BCUT2D eigenvalue weighted by Crippen LogP contribution is 2.38. The lowest BCUT2D eigenvalue weighted by Gasteiger charge is -2.32. The number of carbonyl (C=O) groups excluding carboxylic acids is 4. The van der Waals surface area contributed by atoms with Gasteiger partial charge < -0.3 is 49.1 Å². The smallest absolute Gasteiger partial charge is 0.415 e. The molecular formula is C58H80N8O8. The molecule has 400 valence electrons. The third-order valence-electron chi connectivity index (χ3n) is 15.0. The fraction of sp³-hybridized carbons (Fsp3) is 0.517. The normalized spacial score (nSPS) is 16.2. The number of benzene rings is 4. The number of carbonyl (C=O) groups is 4. The van der Waals surface area contributed by atoms with Gasteiger partial charge in [-0.3, -0.25) is 19.4 Å². The number of ether oxygens (including phenoxy) is 2. The third-order valence-corrected chi connectivity index (χ3v) is 15.0. The van der Waals surface area contributed by atoms with Gasteiger partial charge >= 0.3 is 12.2 Å². The molecule has 0 bridgehead atoms. The lowest BCUT2D eigenvalue weighted by molar-refractivity contribution is 0.0740. The molecule has 4 aromatic carbocycles. The molecule has 4 aromatic rings. The molecule has 4 amide bonds. The second-order valence-corrected chi connectivity index (χ2v) is 20.9. The van der Waals surface area contributed by atoms with Crippen LogP contribution < -0.4 is 9.47 Å². The Bertz CT molecular complexity index is 2630. The first-order chi connectivity index (χ1) is 35.4. The maximum atomic E-state index is 13.8. The SMILES string of the molecule is CCN(CC)C(=O)Oc1cc(O)c(C(=O)N2Cc3ccc(CN4CCN(C)CC4)cc3C2)cc1C(C)C.CCN(CC)C(=O)Oc1cc(O)c(C(C)C)cc1C(=O)N1Cc2ccc(CN3CCN(C)CC3)cc2C1. The number of hydrogen-bond donors (Lipinski definition) is 2. The molecule has 0 radical (unpaired) electrons. The van der Waals surface area contributed by atoms with Gasteiger partial charge in [0.1, 0.15) is 23.0 Å². The first-order valence-corrected chi connectivity index (χ1v) is 26.7. The predicted molar refractivity (Wildman–Crippen MR) is 288 cm³/mol. The Morgan fingerprint density at radius 3 is 1.32 bits per heavy atom. The molecule has 16 nitrogen and oxygen atoms in total. The maximum absolute atomic E-state index is 13.8. The van der Waals surface area contributed by atoms with E-state index < -0.39 is 12.2 Å². The molecule has 0 atom stereocenters. The first-order valence-electron chi connectivity index (χ1n) is 26.7. The molecule has 4 aliphatic heterocycles. The zero-order valence-electron chi connectivity index (χ0n) is 45.6. The van der Waals surface area contributed by atoms with Gasteiger partial charge in [0.05, 0.1) is 11.1 Å². The van der Waals surface area contributed by atoms with E-state index in [0.717, 1.165) is 87.7 Å². The Morgan fingerprint density at radius 1 is 0.500 bits per heavy atom. The summed E-state index contributed by atoms with van der Waals surface area (Å²) in [5, 5.41) is 21.4. The van der Waals surface area contributed by atoms with Gasteiger partial charge in [0.2, 0.25) is 0 Å². The summed E-state index contributed by atoms with van der Waals surface area (Å²) in [5.74, 6) is -0.198. The summed E-state index contributed by atoms with van der Waals surface area (Å²) in [5.41, 5.74) is 9.02. The monoisotopic (exact) mass is 1020 g/mol. The van der Waals surface area contributed by atoms with Crippen LogP contribution >= 0.6 is 0 Å². The molecule has 2 saturated heterocycles. The lowest BCUT2D eigenvalue weighted by Crippen LogP contribution is -2.43. The molecule has 16 heteroatoms. The van der Waals surface area contributed by atoms with E-state index in [2.05, 4.69) is 70.1 Å². The van der Waals surface area contributed by atoms with Crippen LogP contribution in [0, 0.1) is 0 Å².